The van der Waals surface area contributed by atoms with Gasteiger partial charge in [0.2, 0.25) is 0 Å². The molecule has 0 atom stereocenters. The number of rotatable bonds is 5. The molecule has 0 bridgehead atoms. The van der Waals surface area contributed by atoms with Gasteiger partial charge in [-0.15, -0.1) is 0 Å². The first-order chi connectivity index (χ1) is 15.9. The Balaban J connectivity index is 1.43. The number of sulfone groups is 1. The maximum atomic E-state index is 12.3. The van der Waals surface area contributed by atoms with Crippen molar-refractivity contribution in [3.05, 3.63) is 78.2 Å². The number of hydrogen-bond donors (Lipinski definition) is 0. The van der Waals surface area contributed by atoms with Gasteiger partial charge in [-0.3, -0.25) is 0 Å². The van der Waals surface area contributed by atoms with Crippen LogP contribution < -0.4 is 4.90 Å². The largest absolute Gasteiger partial charge is 0.369 e. The molecular formula is C25H27N5O2S. The highest BCUT2D eigenvalue weighted by atomic mass is 32.2. The number of pyridine rings is 1. The molecule has 0 unspecified atom stereocenters. The van der Waals surface area contributed by atoms with Crippen molar-refractivity contribution >= 4 is 21.2 Å². The molecule has 8 heteroatoms. The first kappa shape index (κ1) is 21.6. The van der Waals surface area contributed by atoms with Gasteiger partial charge in [-0.2, -0.15) is 5.10 Å². The van der Waals surface area contributed by atoms with Gasteiger partial charge in [0, 0.05) is 61.9 Å². The van der Waals surface area contributed by atoms with Crippen molar-refractivity contribution in [1.29, 1.82) is 0 Å². The van der Waals surface area contributed by atoms with Gasteiger partial charge >= 0.3 is 0 Å². The number of hydrogen-bond acceptors (Lipinski definition) is 6. The molecule has 0 radical (unpaired) electrons. The van der Waals surface area contributed by atoms with Crippen LogP contribution >= 0.6 is 0 Å². The van der Waals surface area contributed by atoms with E-state index in [9.17, 15) is 8.42 Å². The first-order valence-electron chi connectivity index (χ1n) is 11.0. The highest BCUT2D eigenvalue weighted by molar-refractivity contribution is 7.90. The van der Waals surface area contributed by atoms with Gasteiger partial charge in [-0.1, -0.05) is 30.3 Å². The van der Waals surface area contributed by atoms with Crippen LogP contribution in [0.15, 0.2) is 71.8 Å². The number of piperazine rings is 1. The Kier molecular flexibility index (Phi) is 5.64. The zero-order valence-electron chi connectivity index (χ0n) is 18.8. The summed E-state index contributed by atoms with van der Waals surface area (Å²) < 4.78 is 26.4. The van der Waals surface area contributed by atoms with E-state index in [1.54, 1.807) is 16.6 Å². The number of benzene rings is 2. The smallest absolute Gasteiger partial charge is 0.176 e. The maximum absolute atomic E-state index is 12.3. The molecule has 0 saturated carbocycles. The summed E-state index contributed by atoms with van der Waals surface area (Å²) in [5, 5.41) is 4.65. The van der Waals surface area contributed by atoms with E-state index in [1.807, 2.05) is 30.5 Å². The van der Waals surface area contributed by atoms with Crippen molar-refractivity contribution in [3.8, 4) is 11.1 Å². The molecule has 2 aromatic heterocycles. The van der Waals surface area contributed by atoms with Crippen molar-refractivity contribution < 1.29 is 8.42 Å². The normalized spacial score (nSPS) is 15.3. The third-order valence-corrected chi connectivity index (χ3v) is 7.30. The summed E-state index contributed by atoms with van der Waals surface area (Å²) in [6.45, 7) is 4.25. The second-order valence-corrected chi connectivity index (χ2v) is 10.6. The fourth-order valence-electron chi connectivity index (χ4n) is 4.32. The number of likely N-dealkylation sites (N-methyl/N-ethyl adjacent to an activating group) is 1. The Hall–Kier alpha value is -3.23. The Bertz CT molecular complexity index is 1390. The van der Waals surface area contributed by atoms with E-state index in [1.165, 1.54) is 11.9 Å². The Morgan fingerprint density at radius 3 is 2.30 bits per heavy atom. The van der Waals surface area contributed by atoms with Crippen LogP contribution in [0.25, 0.3) is 16.8 Å². The molecule has 1 saturated heterocycles. The highest BCUT2D eigenvalue weighted by Crippen LogP contribution is 2.30. The zero-order chi connectivity index (χ0) is 23.0. The van der Waals surface area contributed by atoms with Gasteiger partial charge in [0.05, 0.1) is 4.90 Å². The quantitative estimate of drug-likeness (QED) is 0.455. The molecule has 170 valence electrons. The molecule has 7 nitrogen and oxygen atoms in total. The summed E-state index contributed by atoms with van der Waals surface area (Å²) in [5.41, 5.74) is 4.43. The number of aromatic nitrogens is 3. The molecule has 4 aromatic rings. The summed E-state index contributed by atoms with van der Waals surface area (Å²) in [5.74, 6) is 0.701. The van der Waals surface area contributed by atoms with Crippen LogP contribution in [0.3, 0.4) is 0 Å². The van der Waals surface area contributed by atoms with Crippen LogP contribution in [-0.2, 0) is 16.3 Å². The lowest BCUT2D eigenvalue weighted by Gasteiger charge is -2.34. The molecule has 0 aliphatic carbocycles. The van der Waals surface area contributed by atoms with Crippen molar-refractivity contribution in [3.63, 3.8) is 0 Å². The summed E-state index contributed by atoms with van der Waals surface area (Å²) >= 11 is 0. The molecule has 0 spiro atoms. The summed E-state index contributed by atoms with van der Waals surface area (Å²) in [4.78, 5) is 9.83. The van der Waals surface area contributed by atoms with Crippen molar-refractivity contribution in [2.45, 2.75) is 11.3 Å². The second kappa shape index (κ2) is 8.61. The predicted octanol–water partition coefficient (Wildman–Crippen LogP) is 3.14. The minimum atomic E-state index is -3.37. The van der Waals surface area contributed by atoms with Crippen LogP contribution in [0.2, 0.25) is 0 Å². The lowest BCUT2D eigenvalue weighted by atomic mass is 10.1. The van der Waals surface area contributed by atoms with Gasteiger partial charge in [-0.25, -0.2) is 17.9 Å². The molecular weight excluding hydrogens is 434 g/mol. The highest BCUT2D eigenvalue weighted by Gasteiger charge is 2.18. The molecule has 0 N–H and O–H groups in total. The van der Waals surface area contributed by atoms with Gasteiger partial charge in [0.15, 0.2) is 21.3 Å². The van der Waals surface area contributed by atoms with E-state index in [4.69, 9.17) is 4.98 Å². The van der Waals surface area contributed by atoms with E-state index < -0.39 is 9.84 Å². The van der Waals surface area contributed by atoms with Crippen molar-refractivity contribution in [1.82, 2.24) is 19.5 Å². The van der Waals surface area contributed by atoms with E-state index in [-0.39, 0.29) is 0 Å². The molecule has 0 amide bonds. The van der Waals surface area contributed by atoms with Crippen LogP contribution in [0.1, 0.15) is 11.4 Å². The number of fused-ring (bicyclic) bond motifs is 1. The standard InChI is InChI=1S/C25H27N5O2S/c1-28-14-16-29(17-15-28)20-11-9-19(10-12-20)18-24-26-25-22(7-5-13-30(25)27-24)21-6-3-4-8-23(21)33(2,31)32/h3-13H,14-18H2,1-2H3. The molecule has 33 heavy (non-hydrogen) atoms. The van der Waals surface area contributed by atoms with E-state index in [0.717, 1.165) is 37.3 Å². The topological polar surface area (TPSA) is 70.8 Å². The minimum absolute atomic E-state index is 0.294. The van der Waals surface area contributed by atoms with Gasteiger partial charge in [0.25, 0.3) is 0 Å². The van der Waals surface area contributed by atoms with Gasteiger partial charge in [0.1, 0.15) is 0 Å². The van der Waals surface area contributed by atoms with E-state index in [2.05, 4.69) is 46.2 Å². The fourth-order valence-corrected chi connectivity index (χ4v) is 5.22. The number of nitrogens with zero attached hydrogens (tertiary/aromatic N) is 5. The zero-order valence-corrected chi connectivity index (χ0v) is 19.7. The maximum Gasteiger partial charge on any atom is 0.176 e. The minimum Gasteiger partial charge on any atom is -0.369 e. The lowest BCUT2D eigenvalue weighted by molar-refractivity contribution is 0.313. The van der Waals surface area contributed by atoms with Crippen molar-refractivity contribution in [2.75, 3.05) is 44.4 Å². The van der Waals surface area contributed by atoms with Crippen molar-refractivity contribution in [2.24, 2.45) is 0 Å². The van der Waals surface area contributed by atoms with E-state index in [0.29, 0.717) is 28.4 Å². The Morgan fingerprint density at radius 2 is 1.58 bits per heavy atom. The average Bonchev–Trinajstić information content (AvgIpc) is 3.22. The van der Waals surface area contributed by atoms with Crippen LogP contribution in [-0.4, -0.2) is 67.4 Å². The third-order valence-electron chi connectivity index (χ3n) is 6.15. The lowest BCUT2D eigenvalue weighted by Crippen LogP contribution is -2.44. The Morgan fingerprint density at radius 1 is 0.879 bits per heavy atom. The number of anilines is 1. The van der Waals surface area contributed by atoms with Crippen LogP contribution in [0.4, 0.5) is 5.69 Å². The third kappa shape index (κ3) is 4.49. The molecule has 1 aliphatic rings. The SMILES string of the molecule is CN1CCN(c2ccc(Cc3nc4c(-c5ccccc5S(C)(=O)=O)cccn4n3)cc2)CC1. The molecule has 1 aliphatic heterocycles. The first-order valence-corrected chi connectivity index (χ1v) is 12.9. The van der Waals surface area contributed by atoms with E-state index >= 15 is 0 Å². The summed E-state index contributed by atoms with van der Waals surface area (Å²) in [7, 11) is -1.21. The van der Waals surface area contributed by atoms with Gasteiger partial charge < -0.3 is 9.80 Å². The summed E-state index contributed by atoms with van der Waals surface area (Å²) in [6.07, 6.45) is 3.68. The predicted molar refractivity (Wildman–Crippen MR) is 130 cm³/mol. The Labute approximate surface area is 194 Å². The monoisotopic (exact) mass is 461 g/mol. The summed E-state index contributed by atoms with van der Waals surface area (Å²) in [6, 6.07) is 19.4. The molecule has 3 heterocycles. The van der Waals surface area contributed by atoms with Crippen LogP contribution in [0, 0.1) is 0 Å². The second-order valence-electron chi connectivity index (χ2n) is 8.62. The molecule has 2 aromatic carbocycles. The van der Waals surface area contributed by atoms with Gasteiger partial charge in [-0.05, 0) is 42.9 Å². The average molecular weight is 462 g/mol. The fraction of sp³-hybridized carbons (Fsp3) is 0.280. The molecule has 5 rings (SSSR count). The van der Waals surface area contributed by atoms with Crippen LogP contribution in [0.5, 0.6) is 0 Å². The molecule has 1 fully saturated rings.